The molecule has 0 unspecified atom stereocenters. The Kier molecular flexibility index (Phi) is 6.65. The summed E-state index contributed by atoms with van der Waals surface area (Å²) in [6.45, 7) is 1.67. The van der Waals surface area contributed by atoms with Crippen molar-refractivity contribution in [3.05, 3.63) is 69.7 Å². The maximum atomic E-state index is 11.6. The van der Waals surface area contributed by atoms with Crippen LogP contribution < -0.4 is 14.2 Å². The van der Waals surface area contributed by atoms with E-state index < -0.39 is 0 Å². The summed E-state index contributed by atoms with van der Waals surface area (Å²) in [5.41, 5.74) is 10.2. The van der Waals surface area contributed by atoms with Gasteiger partial charge in [-0.25, -0.2) is 0 Å². The number of benzene rings is 2. The maximum absolute atomic E-state index is 11.6. The molecule has 0 aliphatic carbocycles. The number of ether oxygens (including phenoxy) is 3. The topological polar surface area (TPSA) is 93.5 Å². The third kappa shape index (κ3) is 4.78. The number of carbonyl (C=O) groups is 1. The second-order valence-electron chi connectivity index (χ2n) is 5.30. The van der Waals surface area contributed by atoms with Crippen molar-refractivity contribution in [3.8, 4) is 17.2 Å². The van der Waals surface area contributed by atoms with Gasteiger partial charge in [0.15, 0.2) is 17.3 Å². The molecule has 0 atom stereocenters. The molecule has 134 valence electrons. The third-order valence-corrected chi connectivity index (χ3v) is 3.53. The molecular formula is C19H19N3O4. The predicted molar refractivity (Wildman–Crippen MR) is 98.1 cm³/mol. The molecular weight excluding hydrogens is 334 g/mol. The van der Waals surface area contributed by atoms with Crippen LogP contribution in [0, 0.1) is 0 Å². The van der Waals surface area contributed by atoms with Crippen molar-refractivity contribution in [2.24, 2.45) is 5.11 Å². The summed E-state index contributed by atoms with van der Waals surface area (Å²) in [5, 5.41) is 3.41. The van der Waals surface area contributed by atoms with E-state index in [1.165, 1.54) is 27.2 Å². The molecule has 0 radical (unpaired) electrons. The summed E-state index contributed by atoms with van der Waals surface area (Å²) in [7, 11) is 3.02. The van der Waals surface area contributed by atoms with Crippen molar-refractivity contribution < 1.29 is 19.0 Å². The largest absolute Gasteiger partial charge is 0.493 e. The lowest BCUT2D eigenvalue weighted by Gasteiger charge is -2.15. The van der Waals surface area contributed by atoms with E-state index in [-0.39, 0.29) is 11.5 Å². The fourth-order valence-electron chi connectivity index (χ4n) is 2.26. The van der Waals surface area contributed by atoms with Gasteiger partial charge in [-0.3, -0.25) is 4.79 Å². The van der Waals surface area contributed by atoms with Crippen molar-refractivity contribution >= 4 is 11.9 Å². The van der Waals surface area contributed by atoms with E-state index in [1.807, 2.05) is 30.3 Å². The SMILES string of the molecule is COc1cc(/C=C(\N=[N+]=[N-])C(C)=O)cc(OC)c1OCc1ccccc1. The van der Waals surface area contributed by atoms with Gasteiger partial charge in [-0.1, -0.05) is 35.4 Å². The van der Waals surface area contributed by atoms with Gasteiger partial charge in [0.2, 0.25) is 5.75 Å². The Morgan fingerprint density at radius 1 is 1.15 bits per heavy atom. The molecule has 0 bridgehead atoms. The standard InChI is InChI=1S/C19H19N3O4/c1-13(23)16(21-22-20)9-15-10-17(24-2)19(18(11-15)25-3)26-12-14-7-5-4-6-8-14/h4-11H,12H2,1-3H3/b16-9-. The van der Waals surface area contributed by atoms with Crippen LogP contribution in [0.25, 0.3) is 16.5 Å². The van der Waals surface area contributed by atoms with E-state index in [0.717, 1.165) is 5.56 Å². The number of azide groups is 1. The van der Waals surface area contributed by atoms with Crippen molar-refractivity contribution in [1.82, 2.24) is 0 Å². The number of carbonyl (C=O) groups excluding carboxylic acids is 1. The Hall–Kier alpha value is -3.44. The molecule has 0 N–H and O–H groups in total. The highest BCUT2D eigenvalue weighted by molar-refractivity contribution is 5.97. The van der Waals surface area contributed by atoms with E-state index in [9.17, 15) is 4.79 Å². The van der Waals surface area contributed by atoms with Crippen LogP contribution in [0.15, 0.2) is 53.3 Å². The number of Topliss-reactive ketones (excluding diaryl/α,β-unsaturated/α-hetero) is 1. The molecule has 0 aromatic heterocycles. The van der Waals surface area contributed by atoms with Crippen LogP contribution in [0.3, 0.4) is 0 Å². The number of ketones is 1. The van der Waals surface area contributed by atoms with Gasteiger partial charge in [0.1, 0.15) is 6.61 Å². The van der Waals surface area contributed by atoms with Gasteiger partial charge in [-0.2, -0.15) is 0 Å². The molecule has 2 rings (SSSR count). The molecule has 0 aliphatic heterocycles. The molecule has 26 heavy (non-hydrogen) atoms. The molecule has 0 saturated heterocycles. The van der Waals surface area contributed by atoms with Crippen LogP contribution in [0.1, 0.15) is 18.1 Å². The van der Waals surface area contributed by atoms with Gasteiger partial charge < -0.3 is 14.2 Å². The Morgan fingerprint density at radius 3 is 2.27 bits per heavy atom. The lowest BCUT2D eigenvalue weighted by molar-refractivity contribution is -0.113. The zero-order valence-corrected chi connectivity index (χ0v) is 14.8. The summed E-state index contributed by atoms with van der Waals surface area (Å²) in [5.74, 6) is 0.986. The summed E-state index contributed by atoms with van der Waals surface area (Å²) >= 11 is 0. The number of hydrogen-bond donors (Lipinski definition) is 0. The van der Waals surface area contributed by atoms with Crippen LogP contribution >= 0.6 is 0 Å². The van der Waals surface area contributed by atoms with Crippen molar-refractivity contribution in [2.75, 3.05) is 14.2 Å². The summed E-state index contributed by atoms with van der Waals surface area (Å²) in [6, 6.07) is 13.1. The summed E-state index contributed by atoms with van der Waals surface area (Å²) in [6.07, 6.45) is 1.47. The number of allylic oxidation sites excluding steroid dienone is 1. The molecule has 7 heteroatoms. The van der Waals surface area contributed by atoms with Crippen LogP contribution in [-0.2, 0) is 11.4 Å². The van der Waals surface area contributed by atoms with E-state index in [4.69, 9.17) is 19.7 Å². The highest BCUT2D eigenvalue weighted by Crippen LogP contribution is 2.39. The highest BCUT2D eigenvalue weighted by atomic mass is 16.5. The number of rotatable bonds is 8. The van der Waals surface area contributed by atoms with Crippen LogP contribution in [0.5, 0.6) is 17.2 Å². The smallest absolute Gasteiger partial charge is 0.203 e. The Labute approximate surface area is 151 Å². The summed E-state index contributed by atoms with van der Waals surface area (Å²) < 4.78 is 16.7. The van der Waals surface area contributed by atoms with Gasteiger partial charge in [0.05, 0.1) is 19.9 Å². The number of nitrogens with zero attached hydrogens (tertiary/aromatic N) is 3. The Morgan fingerprint density at radius 2 is 1.77 bits per heavy atom. The second kappa shape index (κ2) is 9.15. The molecule has 2 aromatic carbocycles. The first-order valence-corrected chi connectivity index (χ1v) is 7.79. The first-order chi connectivity index (χ1) is 12.6. The molecule has 0 heterocycles. The monoisotopic (exact) mass is 353 g/mol. The van der Waals surface area contributed by atoms with Gasteiger partial charge in [0, 0.05) is 4.91 Å². The normalized spacial score (nSPS) is 10.7. The lowest BCUT2D eigenvalue weighted by atomic mass is 10.1. The average Bonchev–Trinajstić information content (AvgIpc) is 2.66. The predicted octanol–water partition coefficient (Wildman–Crippen LogP) is 4.52. The molecule has 0 fully saturated rings. The van der Waals surface area contributed by atoms with E-state index in [1.54, 1.807) is 12.1 Å². The van der Waals surface area contributed by atoms with Crippen LogP contribution in [0.4, 0.5) is 0 Å². The van der Waals surface area contributed by atoms with Gasteiger partial charge in [0.25, 0.3) is 0 Å². The fourth-order valence-corrected chi connectivity index (χ4v) is 2.26. The van der Waals surface area contributed by atoms with Crippen molar-refractivity contribution in [2.45, 2.75) is 13.5 Å². The molecule has 0 spiro atoms. The zero-order valence-electron chi connectivity index (χ0n) is 14.8. The minimum Gasteiger partial charge on any atom is -0.493 e. The van der Waals surface area contributed by atoms with E-state index in [2.05, 4.69) is 10.0 Å². The zero-order chi connectivity index (χ0) is 18.9. The second-order valence-corrected chi connectivity index (χ2v) is 5.30. The van der Waals surface area contributed by atoms with Gasteiger partial charge in [-0.15, -0.1) is 0 Å². The minimum atomic E-state index is -0.342. The Balaban J connectivity index is 2.39. The third-order valence-electron chi connectivity index (χ3n) is 3.53. The lowest BCUT2D eigenvalue weighted by Crippen LogP contribution is -2.01. The average molecular weight is 353 g/mol. The van der Waals surface area contributed by atoms with Gasteiger partial charge >= 0.3 is 0 Å². The Bertz CT molecular complexity index is 827. The molecule has 0 saturated carbocycles. The fraction of sp³-hybridized carbons (Fsp3) is 0.211. The molecule has 0 amide bonds. The minimum absolute atomic E-state index is 0.00504. The first-order valence-electron chi connectivity index (χ1n) is 7.79. The van der Waals surface area contributed by atoms with Crippen LogP contribution in [0.2, 0.25) is 0 Å². The van der Waals surface area contributed by atoms with Crippen LogP contribution in [-0.4, -0.2) is 20.0 Å². The first kappa shape index (κ1) is 18.9. The van der Waals surface area contributed by atoms with Crippen molar-refractivity contribution in [3.63, 3.8) is 0 Å². The summed E-state index contributed by atoms with van der Waals surface area (Å²) in [4.78, 5) is 14.2. The molecule has 2 aromatic rings. The number of hydrogen-bond acceptors (Lipinski definition) is 5. The molecule has 0 aliphatic rings. The van der Waals surface area contributed by atoms with E-state index >= 15 is 0 Å². The van der Waals surface area contributed by atoms with Crippen molar-refractivity contribution in [1.29, 1.82) is 0 Å². The van der Waals surface area contributed by atoms with E-state index in [0.29, 0.717) is 29.4 Å². The maximum Gasteiger partial charge on any atom is 0.203 e. The number of methoxy groups -OCH3 is 2. The highest BCUT2D eigenvalue weighted by Gasteiger charge is 2.14. The van der Waals surface area contributed by atoms with Gasteiger partial charge in [-0.05, 0) is 41.8 Å². The quantitative estimate of drug-likeness (QED) is 0.302. The molecule has 7 nitrogen and oxygen atoms in total.